The Morgan fingerprint density at radius 3 is 2.85 bits per heavy atom. The summed E-state index contributed by atoms with van der Waals surface area (Å²) in [7, 11) is 0. The fourth-order valence-electron chi connectivity index (χ4n) is 3.29. The summed E-state index contributed by atoms with van der Waals surface area (Å²) in [5, 5.41) is 7.38. The van der Waals surface area contributed by atoms with Crippen LogP contribution in [0, 0.1) is 0 Å². The summed E-state index contributed by atoms with van der Waals surface area (Å²) in [6.45, 7) is 4.33. The van der Waals surface area contributed by atoms with E-state index in [9.17, 15) is 4.79 Å². The predicted molar refractivity (Wildman–Crippen MR) is 101 cm³/mol. The van der Waals surface area contributed by atoms with E-state index in [1.807, 2.05) is 18.2 Å². The molecule has 0 atom stereocenters. The number of fused-ring (bicyclic) bond motifs is 2. The average molecular weight is 350 g/mol. The number of H-pyrrole nitrogens is 1. The van der Waals surface area contributed by atoms with Crippen molar-refractivity contribution in [2.45, 2.75) is 32.7 Å². The number of hydrogen-bond acceptors (Lipinski definition) is 6. The van der Waals surface area contributed by atoms with Crippen LogP contribution in [0.15, 0.2) is 29.1 Å². The van der Waals surface area contributed by atoms with Crippen LogP contribution in [0.1, 0.15) is 29.8 Å². The smallest absolute Gasteiger partial charge is 0.258 e. The molecule has 0 saturated carbocycles. The molecule has 0 bridgehead atoms. The third-order valence-corrected chi connectivity index (χ3v) is 4.63. The minimum absolute atomic E-state index is 0.118. The van der Waals surface area contributed by atoms with Gasteiger partial charge in [0.25, 0.3) is 5.56 Å². The van der Waals surface area contributed by atoms with Crippen LogP contribution in [0.3, 0.4) is 0 Å². The van der Waals surface area contributed by atoms with E-state index in [4.69, 9.17) is 4.98 Å². The zero-order valence-corrected chi connectivity index (χ0v) is 14.8. The predicted octanol–water partition coefficient (Wildman–Crippen LogP) is 1.58. The number of hydrogen-bond donors (Lipinski definition) is 3. The lowest BCUT2D eigenvalue weighted by atomic mass is 10.1. The molecular weight excluding hydrogens is 328 g/mol. The van der Waals surface area contributed by atoms with E-state index < -0.39 is 0 Å². The van der Waals surface area contributed by atoms with Gasteiger partial charge in [0.05, 0.1) is 23.1 Å². The maximum Gasteiger partial charge on any atom is 0.258 e. The SMILES string of the molecule is CCc1nc2c(c(NCc3nc4ccccc4c(=O)[nH]3)n1)CCNCC2. The van der Waals surface area contributed by atoms with Gasteiger partial charge in [-0.1, -0.05) is 19.1 Å². The molecule has 3 aromatic rings. The Morgan fingerprint density at radius 1 is 1.12 bits per heavy atom. The Hall–Kier alpha value is -2.80. The van der Waals surface area contributed by atoms with Crippen LogP contribution in [-0.4, -0.2) is 33.0 Å². The molecule has 0 spiro atoms. The zero-order chi connectivity index (χ0) is 17.9. The molecule has 1 aromatic carbocycles. The van der Waals surface area contributed by atoms with Crippen molar-refractivity contribution < 1.29 is 0 Å². The van der Waals surface area contributed by atoms with Crippen molar-refractivity contribution in [1.29, 1.82) is 0 Å². The van der Waals surface area contributed by atoms with E-state index >= 15 is 0 Å². The highest BCUT2D eigenvalue weighted by Gasteiger charge is 2.16. The Bertz CT molecular complexity index is 997. The number of nitrogens with zero attached hydrogens (tertiary/aromatic N) is 3. The van der Waals surface area contributed by atoms with E-state index in [2.05, 4.69) is 32.5 Å². The van der Waals surface area contributed by atoms with E-state index in [1.54, 1.807) is 6.07 Å². The maximum absolute atomic E-state index is 12.2. The number of para-hydroxylation sites is 1. The molecule has 0 saturated heterocycles. The molecule has 1 aliphatic heterocycles. The first-order valence-electron chi connectivity index (χ1n) is 9.06. The number of aryl methyl sites for hydroxylation is 1. The van der Waals surface area contributed by atoms with Gasteiger partial charge in [0.15, 0.2) is 0 Å². The summed E-state index contributed by atoms with van der Waals surface area (Å²) < 4.78 is 0. The van der Waals surface area contributed by atoms with Gasteiger partial charge in [-0.15, -0.1) is 0 Å². The van der Waals surface area contributed by atoms with E-state index in [-0.39, 0.29) is 5.56 Å². The Balaban J connectivity index is 1.64. The highest BCUT2D eigenvalue weighted by Crippen LogP contribution is 2.20. The number of anilines is 1. The fourth-order valence-corrected chi connectivity index (χ4v) is 3.29. The standard InChI is InChI=1S/C19H22N6O/c1-2-16-22-15-8-10-20-9-7-12(15)18(24-16)21-11-17-23-14-6-4-3-5-13(14)19(26)25-17/h3-6,20H,2,7-11H2,1H3,(H,21,22,24)(H,23,25,26). The first-order valence-corrected chi connectivity index (χ1v) is 9.06. The van der Waals surface area contributed by atoms with Crippen LogP contribution < -0.4 is 16.2 Å². The van der Waals surface area contributed by atoms with Crippen LogP contribution in [0.5, 0.6) is 0 Å². The van der Waals surface area contributed by atoms with Gasteiger partial charge in [-0.2, -0.15) is 0 Å². The maximum atomic E-state index is 12.2. The quantitative estimate of drug-likeness (QED) is 0.661. The van der Waals surface area contributed by atoms with Gasteiger partial charge in [-0.25, -0.2) is 15.0 Å². The average Bonchev–Trinajstić information content (AvgIpc) is 2.91. The highest BCUT2D eigenvalue weighted by atomic mass is 16.1. The minimum Gasteiger partial charge on any atom is -0.362 e. The highest BCUT2D eigenvalue weighted by molar-refractivity contribution is 5.77. The number of rotatable bonds is 4. The molecule has 134 valence electrons. The summed E-state index contributed by atoms with van der Waals surface area (Å²) in [5.41, 5.74) is 2.86. The third-order valence-electron chi connectivity index (χ3n) is 4.63. The van der Waals surface area contributed by atoms with Gasteiger partial charge >= 0.3 is 0 Å². The summed E-state index contributed by atoms with van der Waals surface area (Å²) in [4.78, 5) is 29.0. The van der Waals surface area contributed by atoms with E-state index in [1.165, 1.54) is 0 Å². The number of aromatic nitrogens is 4. The summed E-state index contributed by atoms with van der Waals surface area (Å²) in [6.07, 6.45) is 2.59. The lowest BCUT2D eigenvalue weighted by Gasteiger charge is -2.14. The van der Waals surface area contributed by atoms with Crippen LogP contribution in [0.25, 0.3) is 10.9 Å². The van der Waals surface area contributed by atoms with Gasteiger partial charge < -0.3 is 15.6 Å². The molecule has 4 rings (SSSR count). The Morgan fingerprint density at radius 2 is 1.96 bits per heavy atom. The second kappa shape index (κ2) is 7.21. The Kier molecular flexibility index (Phi) is 4.62. The molecule has 0 fully saturated rings. The summed E-state index contributed by atoms with van der Waals surface area (Å²) in [5.74, 6) is 2.30. The zero-order valence-electron chi connectivity index (χ0n) is 14.8. The van der Waals surface area contributed by atoms with Crippen LogP contribution in [0.4, 0.5) is 5.82 Å². The molecule has 2 aromatic heterocycles. The second-order valence-corrected chi connectivity index (χ2v) is 6.40. The molecule has 0 aliphatic carbocycles. The monoisotopic (exact) mass is 350 g/mol. The molecule has 0 amide bonds. The number of benzene rings is 1. The lowest BCUT2D eigenvalue weighted by Crippen LogP contribution is -2.17. The summed E-state index contributed by atoms with van der Waals surface area (Å²) >= 11 is 0. The van der Waals surface area contributed by atoms with E-state index in [0.717, 1.165) is 55.3 Å². The van der Waals surface area contributed by atoms with Gasteiger partial charge in [0.1, 0.15) is 17.5 Å². The van der Waals surface area contributed by atoms with Crippen molar-refractivity contribution >= 4 is 16.7 Å². The van der Waals surface area contributed by atoms with E-state index in [0.29, 0.717) is 23.3 Å². The normalized spacial score (nSPS) is 14.0. The first-order chi connectivity index (χ1) is 12.7. The van der Waals surface area contributed by atoms with Crippen molar-refractivity contribution in [2.24, 2.45) is 0 Å². The van der Waals surface area contributed by atoms with Crippen LogP contribution >= 0.6 is 0 Å². The molecule has 3 heterocycles. The molecule has 7 nitrogen and oxygen atoms in total. The van der Waals surface area contributed by atoms with Crippen LogP contribution in [0.2, 0.25) is 0 Å². The number of aromatic amines is 1. The van der Waals surface area contributed by atoms with Gasteiger partial charge in [-0.05, 0) is 25.1 Å². The third kappa shape index (κ3) is 3.30. The molecule has 3 N–H and O–H groups in total. The molecule has 1 aliphatic rings. The largest absolute Gasteiger partial charge is 0.362 e. The van der Waals surface area contributed by atoms with Gasteiger partial charge in [0.2, 0.25) is 0 Å². The van der Waals surface area contributed by atoms with Crippen molar-refractivity contribution in [3.8, 4) is 0 Å². The second-order valence-electron chi connectivity index (χ2n) is 6.40. The number of nitrogens with one attached hydrogen (secondary N) is 3. The minimum atomic E-state index is -0.118. The van der Waals surface area contributed by atoms with Gasteiger partial charge in [-0.3, -0.25) is 4.79 Å². The van der Waals surface area contributed by atoms with Crippen LogP contribution in [-0.2, 0) is 25.8 Å². The first kappa shape index (κ1) is 16.7. The van der Waals surface area contributed by atoms with Crippen molar-refractivity contribution in [2.75, 3.05) is 18.4 Å². The molecule has 7 heteroatoms. The summed E-state index contributed by atoms with van der Waals surface area (Å²) in [6, 6.07) is 7.36. The molecule has 0 radical (unpaired) electrons. The topological polar surface area (TPSA) is 95.6 Å². The molecule has 0 unspecified atom stereocenters. The van der Waals surface area contributed by atoms with Crippen molar-refractivity contribution in [3.63, 3.8) is 0 Å². The van der Waals surface area contributed by atoms with Crippen molar-refractivity contribution in [3.05, 3.63) is 57.5 Å². The Labute approximate surface area is 151 Å². The van der Waals surface area contributed by atoms with Crippen molar-refractivity contribution in [1.82, 2.24) is 25.3 Å². The fraction of sp³-hybridized carbons (Fsp3) is 0.368. The van der Waals surface area contributed by atoms with Gasteiger partial charge in [0, 0.05) is 24.9 Å². The lowest BCUT2D eigenvalue weighted by molar-refractivity contribution is 0.708. The molecule has 26 heavy (non-hydrogen) atoms. The molecular formula is C19H22N6O.